The average molecular weight is 576 g/mol. The predicted molar refractivity (Wildman–Crippen MR) is 161 cm³/mol. The van der Waals surface area contributed by atoms with E-state index >= 15 is 0 Å². The second-order valence-electron chi connectivity index (χ2n) is 10.5. The minimum atomic E-state index is -1.11. The average Bonchev–Trinajstić information content (AvgIpc) is 3.41. The van der Waals surface area contributed by atoms with Gasteiger partial charge in [0.1, 0.15) is 17.2 Å². The van der Waals surface area contributed by atoms with E-state index < -0.39 is 11.2 Å². The highest BCUT2D eigenvalue weighted by Gasteiger charge is 2.33. The summed E-state index contributed by atoms with van der Waals surface area (Å²) in [6.07, 6.45) is 2.26. The molecule has 0 aliphatic carbocycles. The second-order valence-corrected chi connectivity index (χ2v) is 11.5. The van der Waals surface area contributed by atoms with Gasteiger partial charge in [0.25, 0.3) is 5.56 Å². The summed E-state index contributed by atoms with van der Waals surface area (Å²) >= 11 is 1.54. The van der Waals surface area contributed by atoms with Gasteiger partial charge < -0.3 is 16.6 Å². The van der Waals surface area contributed by atoms with Crippen molar-refractivity contribution in [2.75, 3.05) is 25.9 Å². The zero-order chi connectivity index (χ0) is 29.1. The van der Waals surface area contributed by atoms with Gasteiger partial charge in [-0.2, -0.15) is 0 Å². The summed E-state index contributed by atoms with van der Waals surface area (Å²) in [5.74, 6) is -0.271. The van der Waals surface area contributed by atoms with Crippen LogP contribution in [-0.2, 0) is 19.6 Å². The Morgan fingerprint density at radius 2 is 1.93 bits per heavy atom. The number of likely N-dealkylation sites (tertiary alicyclic amines) is 1. The highest BCUT2D eigenvalue weighted by molar-refractivity contribution is 7.09. The fourth-order valence-electron chi connectivity index (χ4n) is 5.15. The summed E-state index contributed by atoms with van der Waals surface area (Å²) in [5, 5.41) is 14.2. The second kappa shape index (κ2) is 12.0. The maximum Gasteiger partial charge on any atom is 0.277 e. The Labute approximate surface area is 242 Å². The zero-order valence-electron chi connectivity index (χ0n) is 23.2. The summed E-state index contributed by atoms with van der Waals surface area (Å²) < 4.78 is 16.3. The molecule has 1 fully saturated rings. The number of nitrogens with zero attached hydrogens (tertiary/aromatic N) is 5. The van der Waals surface area contributed by atoms with Crippen LogP contribution in [0.4, 0.5) is 10.1 Å². The van der Waals surface area contributed by atoms with E-state index in [0.29, 0.717) is 56.0 Å². The largest absolute Gasteiger partial charge is 0.392 e. The molecule has 0 amide bonds. The van der Waals surface area contributed by atoms with Crippen molar-refractivity contribution in [1.82, 2.24) is 19.4 Å². The molecule has 0 atom stereocenters. The van der Waals surface area contributed by atoms with Crippen molar-refractivity contribution in [1.29, 1.82) is 0 Å². The Morgan fingerprint density at radius 1 is 1.20 bits per heavy atom. The van der Waals surface area contributed by atoms with E-state index in [1.807, 2.05) is 42.6 Å². The molecule has 214 valence electrons. The molecule has 5 rings (SSSR count). The van der Waals surface area contributed by atoms with Crippen molar-refractivity contribution in [2.24, 2.45) is 10.7 Å². The first-order valence-corrected chi connectivity index (χ1v) is 14.3. The standard InChI is InChI=1S/C30H34FN7O2S/c1-19-36-25(16-41-19)22-7-8-23(24(31)13-22)15-37-11-9-30(40,10-12-37)17-38-18-35-28(26(33)29(38)39)27(34-2)21-5-3-20(14-32)4-6-21/h3-8,13,16,18,40H,9-12,14-15,17,32-33H2,1-2H3. The quantitative estimate of drug-likeness (QED) is 0.274. The number of thiazole rings is 1. The van der Waals surface area contributed by atoms with E-state index in [4.69, 9.17) is 11.5 Å². The molecule has 1 aliphatic heterocycles. The first-order valence-electron chi connectivity index (χ1n) is 13.5. The summed E-state index contributed by atoms with van der Waals surface area (Å²) in [4.78, 5) is 28.5. The van der Waals surface area contributed by atoms with Crippen molar-refractivity contribution in [3.8, 4) is 11.3 Å². The number of halogens is 1. The topological polar surface area (TPSA) is 136 Å². The Balaban J connectivity index is 1.24. The third kappa shape index (κ3) is 6.28. The molecule has 0 saturated carbocycles. The molecule has 0 radical (unpaired) electrons. The highest BCUT2D eigenvalue weighted by Crippen LogP contribution is 2.28. The number of aromatic nitrogens is 3. The van der Waals surface area contributed by atoms with Crippen LogP contribution in [0.15, 0.2) is 64.0 Å². The lowest BCUT2D eigenvalue weighted by Gasteiger charge is -2.38. The van der Waals surface area contributed by atoms with Gasteiger partial charge in [0.05, 0.1) is 34.9 Å². The predicted octanol–water partition coefficient (Wildman–Crippen LogP) is 3.35. The van der Waals surface area contributed by atoms with Gasteiger partial charge in [-0.25, -0.2) is 14.4 Å². The Hall–Kier alpha value is -3.77. The smallest absolute Gasteiger partial charge is 0.277 e. The van der Waals surface area contributed by atoms with Crippen LogP contribution in [0.3, 0.4) is 0 Å². The van der Waals surface area contributed by atoms with Crippen LogP contribution < -0.4 is 17.0 Å². The van der Waals surface area contributed by atoms with Crippen LogP contribution in [0.25, 0.3) is 11.3 Å². The molecular formula is C30H34FN7O2S. The molecule has 0 spiro atoms. The Kier molecular flexibility index (Phi) is 8.41. The van der Waals surface area contributed by atoms with Gasteiger partial charge >= 0.3 is 0 Å². The van der Waals surface area contributed by atoms with Crippen molar-refractivity contribution in [3.63, 3.8) is 0 Å². The van der Waals surface area contributed by atoms with Crippen LogP contribution in [0.1, 0.15) is 40.2 Å². The van der Waals surface area contributed by atoms with Gasteiger partial charge in [-0.15, -0.1) is 11.3 Å². The van der Waals surface area contributed by atoms with Gasteiger partial charge in [0.2, 0.25) is 0 Å². The van der Waals surface area contributed by atoms with Gasteiger partial charge in [-0.3, -0.25) is 19.3 Å². The molecule has 2 aromatic heterocycles. The van der Waals surface area contributed by atoms with Gasteiger partial charge in [-0.1, -0.05) is 36.4 Å². The number of aryl methyl sites for hydroxylation is 1. The number of anilines is 1. The molecule has 3 heterocycles. The molecule has 41 heavy (non-hydrogen) atoms. The van der Waals surface area contributed by atoms with E-state index in [2.05, 4.69) is 19.9 Å². The number of hydrogen-bond donors (Lipinski definition) is 3. The third-order valence-corrected chi connectivity index (χ3v) is 8.37. The van der Waals surface area contributed by atoms with Crippen LogP contribution >= 0.6 is 11.3 Å². The highest BCUT2D eigenvalue weighted by atomic mass is 32.1. The maximum atomic E-state index is 14.9. The van der Waals surface area contributed by atoms with E-state index in [1.165, 1.54) is 28.3 Å². The third-order valence-electron chi connectivity index (χ3n) is 7.60. The number of rotatable bonds is 8. The van der Waals surface area contributed by atoms with Crippen molar-refractivity contribution >= 4 is 22.7 Å². The molecule has 2 aromatic carbocycles. The molecular weight excluding hydrogens is 541 g/mol. The lowest BCUT2D eigenvalue weighted by atomic mass is 9.91. The van der Waals surface area contributed by atoms with Gasteiger partial charge in [-0.05, 0) is 31.4 Å². The van der Waals surface area contributed by atoms with E-state index in [0.717, 1.165) is 27.4 Å². The molecule has 9 nitrogen and oxygen atoms in total. The zero-order valence-corrected chi connectivity index (χ0v) is 24.0. The SMILES string of the molecule is CN=C(c1ccc(CN)cc1)c1ncn(CC2(O)CCN(Cc3ccc(-c4csc(C)n4)cc3F)CC2)c(=O)c1N. The van der Waals surface area contributed by atoms with Crippen LogP contribution in [-0.4, -0.2) is 56.0 Å². The molecule has 1 saturated heterocycles. The van der Waals surface area contributed by atoms with Gasteiger partial charge in [0.15, 0.2) is 0 Å². The Morgan fingerprint density at radius 3 is 2.54 bits per heavy atom. The van der Waals surface area contributed by atoms with Crippen LogP contribution in [0.2, 0.25) is 0 Å². The number of piperidine rings is 1. The number of hydrogen-bond acceptors (Lipinski definition) is 9. The minimum absolute atomic E-state index is 0.0243. The lowest BCUT2D eigenvalue weighted by Crippen LogP contribution is -2.48. The molecule has 1 aliphatic rings. The summed E-state index contributed by atoms with van der Waals surface area (Å²) in [6, 6.07) is 12.8. The summed E-state index contributed by atoms with van der Waals surface area (Å²) in [7, 11) is 1.62. The van der Waals surface area contributed by atoms with E-state index in [1.54, 1.807) is 13.1 Å². The van der Waals surface area contributed by atoms with Gasteiger partial charge in [0, 0.05) is 55.3 Å². The number of nitrogens with two attached hydrogens (primary N) is 2. The fraction of sp³-hybridized carbons (Fsp3) is 0.333. The van der Waals surface area contributed by atoms with E-state index in [9.17, 15) is 14.3 Å². The van der Waals surface area contributed by atoms with Crippen LogP contribution in [0.5, 0.6) is 0 Å². The minimum Gasteiger partial charge on any atom is -0.392 e. The maximum absolute atomic E-state index is 14.9. The first-order chi connectivity index (χ1) is 19.7. The number of aliphatic hydroxyl groups is 1. The normalized spacial score (nSPS) is 15.8. The van der Waals surface area contributed by atoms with Crippen molar-refractivity contribution in [3.05, 3.63) is 97.7 Å². The van der Waals surface area contributed by atoms with E-state index in [-0.39, 0.29) is 18.0 Å². The number of aliphatic imine (C=N–C) groups is 1. The monoisotopic (exact) mass is 575 g/mol. The van der Waals surface area contributed by atoms with Crippen LogP contribution in [0, 0.1) is 12.7 Å². The lowest BCUT2D eigenvalue weighted by molar-refractivity contribution is -0.0366. The summed E-state index contributed by atoms with van der Waals surface area (Å²) in [6.45, 7) is 3.97. The fourth-order valence-corrected chi connectivity index (χ4v) is 5.77. The molecule has 0 bridgehead atoms. The molecule has 4 aromatic rings. The Bertz CT molecular complexity index is 1620. The number of nitrogen functional groups attached to an aromatic ring is 1. The van der Waals surface area contributed by atoms with Crippen molar-refractivity contribution in [2.45, 2.75) is 45.0 Å². The first kappa shape index (κ1) is 28.7. The summed E-state index contributed by atoms with van der Waals surface area (Å²) in [5.41, 5.74) is 15.1. The number of benzene rings is 2. The van der Waals surface area contributed by atoms with Crippen molar-refractivity contribution < 1.29 is 9.50 Å². The molecule has 11 heteroatoms. The molecule has 5 N–H and O–H groups in total. The molecule has 0 unspecified atom stereocenters.